The molecule has 1 saturated heterocycles. The van der Waals surface area contributed by atoms with E-state index in [4.69, 9.17) is 0 Å². The molecule has 2 N–H and O–H groups in total. The predicted molar refractivity (Wildman–Crippen MR) is 105 cm³/mol. The maximum absolute atomic E-state index is 4.66. The van der Waals surface area contributed by atoms with Crippen LogP contribution in [-0.2, 0) is 6.42 Å². The van der Waals surface area contributed by atoms with E-state index in [2.05, 4.69) is 34.5 Å². The lowest BCUT2D eigenvalue weighted by molar-refractivity contribution is 0.582. The minimum Gasteiger partial charge on any atom is -0.357 e. The van der Waals surface area contributed by atoms with Crippen LogP contribution in [0.2, 0.25) is 0 Å². The van der Waals surface area contributed by atoms with Crippen molar-refractivity contribution in [1.29, 1.82) is 0 Å². The topological polar surface area (TPSA) is 49.3 Å². The van der Waals surface area contributed by atoms with Crippen LogP contribution in [0.1, 0.15) is 29.7 Å². The quantitative estimate of drug-likeness (QED) is 0.420. The number of halogens is 1. The molecule has 21 heavy (non-hydrogen) atoms. The summed E-state index contributed by atoms with van der Waals surface area (Å²) in [5.74, 6) is 3.44. The molecular formula is C14H25IN4S2. The Bertz CT molecular complexity index is 430. The van der Waals surface area contributed by atoms with Crippen molar-refractivity contribution in [2.24, 2.45) is 4.99 Å². The zero-order chi connectivity index (χ0) is 14.2. The van der Waals surface area contributed by atoms with Gasteiger partial charge in [0.1, 0.15) is 0 Å². The number of nitrogens with zero attached hydrogens (tertiary/aromatic N) is 2. The highest BCUT2D eigenvalue weighted by Crippen LogP contribution is 2.16. The highest BCUT2D eigenvalue weighted by Gasteiger charge is 2.14. The van der Waals surface area contributed by atoms with Crippen molar-refractivity contribution < 1.29 is 0 Å². The summed E-state index contributed by atoms with van der Waals surface area (Å²) in [5, 5.41) is 8.06. The molecule has 1 aromatic rings. The Labute approximate surface area is 153 Å². The van der Waals surface area contributed by atoms with Gasteiger partial charge in [-0.2, -0.15) is 11.8 Å². The first-order valence-corrected chi connectivity index (χ1v) is 9.29. The number of guanidine groups is 1. The van der Waals surface area contributed by atoms with Crippen molar-refractivity contribution in [3.8, 4) is 0 Å². The van der Waals surface area contributed by atoms with Crippen LogP contribution in [-0.4, -0.2) is 41.6 Å². The molecule has 0 saturated carbocycles. The molecule has 0 aliphatic carbocycles. The Hall–Kier alpha value is -0.0200. The van der Waals surface area contributed by atoms with Crippen LogP contribution >= 0.6 is 47.1 Å². The second-order valence-electron chi connectivity index (χ2n) is 4.93. The van der Waals surface area contributed by atoms with Crippen LogP contribution in [0.25, 0.3) is 0 Å². The molecule has 1 fully saturated rings. The van der Waals surface area contributed by atoms with Gasteiger partial charge in [-0.25, -0.2) is 4.98 Å². The number of aromatic nitrogens is 1. The molecule has 0 spiro atoms. The zero-order valence-corrected chi connectivity index (χ0v) is 16.7. The van der Waals surface area contributed by atoms with Gasteiger partial charge in [0.2, 0.25) is 0 Å². The van der Waals surface area contributed by atoms with Gasteiger partial charge in [0.05, 0.1) is 5.01 Å². The van der Waals surface area contributed by atoms with Crippen molar-refractivity contribution in [3.63, 3.8) is 0 Å². The van der Waals surface area contributed by atoms with Crippen molar-refractivity contribution in [2.45, 2.75) is 39.2 Å². The van der Waals surface area contributed by atoms with Crippen molar-refractivity contribution in [3.05, 3.63) is 16.1 Å². The first kappa shape index (κ1) is 19.0. The minimum absolute atomic E-state index is 0. The molecule has 0 aromatic carbocycles. The third kappa shape index (κ3) is 7.19. The van der Waals surface area contributed by atoms with E-state index in [0.717, 1.165) is 25.5 Å². The fourth-order valence-corrected chi connectivity index (χ4v) is 4.00. The highest BCUT2D eigenvalue weighted by molar-refractivity contribution is 14.0. The summed E-state index contributed by atoms with van der Waals surface area (Å²) in [6.45, 7) is 5.90. The molecule has 1 unspecified atom stereocenters. The van der Waals surface area contributed by atoms with Gasteiger partial charge < -0.3 is 10.6 Å². The number of thioether (sulfide) groups is 1. The molecule has 1 atom stereocenters. The molecular weight excluding hydrogens is 415 g/mol. The number of hydrogen-bond donors (Lipinski definition) is 2. The van der Waals surface area contributed by atoms with E-state index >= 15 is 0 Å². The standard InChI is InChI=1S/C14H24N4S2.HI/c1-3-15-14(18-12-5-4-8-19-10-12)16-7-6-13-17-9-11(2)20-13;/h9,12H,3-8,10H2,1-2H3,(H2,15,16,18);1H. The molecule has 2 heterocycles. The summed E-state index contributed by atoms with van der Waals surface area (Å²) >= 11 is 3.80. The maximum atomic E-state index is 4.66. The Morgan fingerprint density at radius 3 is 3.00 bits per heavy atom. The molecule has 0 amide bonds. The van der Waals surface area contributed by atoms with Crippen LogP contribution in [0.4, 0.5) is 0 Å². The van der Waals surface area contributed by atoms with E-state index in [-0.39, 0.29) is 24.0 Å². The van der Waals surface area contributed by atoms with Crippen LogP contribution < -0.4 is 10.6 Å². The van der Waals surface area contributed by atoms with Crippen LogP contribution in [0.15, 0.2) is 11.2 Å². The molecule has 2 rings (SSSR count). The summed E-state index contributed by atoms with van der Waals surface area (Å²) in [6.07, 6.45) is 5.42. The van der Waals surface area contributed by atoms with E-state index in [0.29, 0.717) is 6.04 Å². The number of hydrogen-bond acceptors (Lipinski definition) is 4. The fourth-order valence-electron chi connectivity index (χ4n) is 2.15. The van der Waals surface area contributed by atoms with E-state index in [1.807, 2.05) is 18.0 Å². The zero-order valence-electron chi connectivity index (χ0n) is 12.7. The first-order valence-electron chi connectivity index (χ1n) is 7.32. The molecule has 0 radical (unpaired) electrons. The Balaban J connectivity index is 0.00000220. The number of thiazole rings is 1. The summed E-state index contributed by atoms with van der Waals surface area (Å²) in [5.41, 5.74) is 0. The van der Waals surface area contributed by atoms with Crippen molar-refractivity contribution >= 4 is 53.0 Å². The number of nitrogens with one attached hydrogen (secondary N) is 2. The molecule has 0 bridgehead atoms. The minimum atomic E-state index is 0. The SMILES string of the molecule is CCNC(=NCCc1ncc(C)s1)NC1CCCSC1.I. The lowest BCUT2D eigenvalue weighted by atomic mass is 10.2. The average molecular weight is 440 g/mol. The molecule has 4 nitrogen and oxygen atoms in total. The Morgan fingerprint density at radius 2 is 2.38 bits per heavy atom. The van der Waals surface area contributed by atoms with Crippen molar-refractivity contribution in [1.82, 2.24) is 15.6 Å². The van der Waals surface area contributed by atoms with Gasteiger partial charge in [0, 0.05) is 42.4 Å². The van der Waals surface area contributed by atoms with E-state index in [1.54, 1.807) is 11.3 Å². The maximum Gasteiger partial charge on any atom is 0.191 e. The van der Waals surface area contributed by atoms with Gasteiger partial charge in [0.15, 0.2) is 5.96 Å². The summed E-state index contributed by atoms with van der Waals surface area (Å²) in [7, 11) is 0. The second kappa shape index (κ2) is 10.7. The Morgan fingerprint density at radius 1 is 1.52 bits per heavy atom. The highest BCUT2D eigenvalue weighted by atomic mass is 127. The van der Waals surface area contributed by atoms with Crippen molar-refractivity contribution in [2.75, 3.05) is 24.6 Å². The molecule has 1 aliphatic rings. The summed E-state index contributed by atoms with van der Waals surface area (Å²) < 4.78 is 0. The van der Waals surface area contributed by atoms with E-state index in [1.165, 1.54) is 34.2 Å². The fraction of sp³-hybridized carbons (Fsp3) is 0.714. The van der Waals surface area contributed by atoms with E-state index < -0.39 is 0 Å². The lowest BCUT2D eigenvalue weighted by Gasteiger charge is -2.24. The third-order valence-electron chi connectivity index (χ3n) is 3.11. The smallest absolute Gasteiger partial charge is 0.191 e. The number of rotatable bonds is 5. The molecule has 1 aromatic heterocycles. The largest absolute Gasteiger partial charge is 0.357 e. The van der Waals surface area contributed by atoms with Gasteiger partial charge >= 0.3 is 0 Å². The van der Waals surface area contributed by atoms with Gasteiger partial charge in [-0.3, -0.25) is 4.99 Å². The second-order valence-corrected chi connectivity index (χ2v) is 7.40. The van der Waals surface area contributed by atoms with Crippen LogP contribution in [0, 0.1) is 6.92 Å². The Kier molecular flexibility index (Phi) is 9.66. The number of aryl methyl sites for hydroxylation is 1. The van der Waals surface area contributed by atoms with Crippen LogP contribution in [0.5, 0.6) is 0 Å². The van der Waals surface area contributed by atoms with Gasteiger partial charge in [-0.1, -0.05) is 0 Å². The average Bonchev–Trinajstić information content (AvgIpc) is 2.86. The normalized spacial score (nSPS) is 19.0. The van der Waals surface area contributed by atoms with E-state index in [9.17, 15) is 0 Å². The van der Waals surface area contributed by atoms with Gasteiger partial charge in [0.25, 0.3) is 0 Å². The molecule has 7 heteroatoms. The summed E-state index contributed by atoms with van der Waals surface area (Å²) in [4.78, 5) is 10.3. The predicted octanol–water partition coefficient (Wildman–Crippen LogP) is 3.06. The molecule has 120 valence electrons. The summed E-state index contributed by atoms with van der Waals surface area (Å²) in [6, 6.07) is 0.564. The number of aliphatic imine (C=N–C) groups is 1. The molecule has 1 aliphatic heterocycles. The van der Waals surface area contributed by atoms with Gasteiger partial charge in [-0.05, 0) is 32.4 Å². The van der Waals surface area contributed by atoms with Crippen LogP contribution in [0.3, 0.4) is 0 Å². The lowest BCUT2D eigenvalue weighted by Crippen LogP contribution is -2.45. The first-order chi connectivity index (χ1) is 9.78. The van der Waals surface area contributed by atoms with Gasteiger partial charge in [-0.15, -0.1) is 35.3 Å². The third-order valence-corrected chi connectivity index (χ3v) is 5.30. The monoisotopic (exact) mass is 440 g/mol.